The van der Waals surface area contributed by atoms with Crippen LogP contribution in [0.3, 0.4) is 0 Å². The molecule has 4 amide bonds. The number of carbonyl (C=O) groups is 4. The number of aromatic nitrogens is 4. The van der Waals surface area contributed by atoms with Crippen molar-refractivity contribution >= 4 is 155 Å². The number of hydrogen-bond donors (Lipinski definition) is 12. The van der Waals surface area contributed by atoms with Crippen molar-refractivity contribution in [3.05, 3.63) is 186 Å². The Morgan fingerprint density at radius 3 is 0.924 bits per heavy atom. The maximum absolute atomic E-state index is 13.0. The van der Waals surface area contributed by atoms with Gasteiger partial charge in [0.05, 0.1) is 109 Å². The molecule has 0 saturated carbocycles. The Hall–Kier alpha value is -11.5. The molecule has 692 valence electrons. The Morgan fingerprint density at radius 1 is 0.394 bits per heavy atom. The minimum atomic E-state index is -0.185. The van der Waals surface area contributed by atoms with Gasteiger partial charge in [0.1, 0.15) is 88.3 Å². The predicted octanol–water partition coefficient (Wildman–Crippen LogP) is 9.11. The number of nitrogens with one attached hydrogen (secondary N) is 4. The summed E-state index contributed by atoms with van der Waals surface area (Å²) in [5, 5.41) is 15.6. The molecule has 10 atom stereocenters. The van der Waals surface area contributed by atoms with E-state index in [1.54, 1.807) is 14.2 Å². The standard InChI is InChI=1S/2C24H27N5O3S.2C24H29N5O3S/c2*1-13-2-5-17-20(26)21(33-23(17)27-13)22(30)28-15-6-14-3-4-16(7-18(14)32-9-15)29-8-19(25)24(10-29)11-31-12-24;2*1-13-3-6-19-21(26)22(33-24(19)27-13)23(30)28-16-7-14-4-5-17(9-20(14)32-11-16)29-10-15(25)8-18(29)12-31-2/h2*2-5,7,15,19H,6,8-12,25-26H2,1H3,(H,28,30);2*3-6,9,15-16,18H,7-8,10-12,25-26H2,1-2H3,(H,28,30)/t15-,19+;15-,19-;15-,16+,18+;15-,16-,18+/m1101/s1. The summed E-state index contributed by atoms with van der Waals surface area (Å²) in [7, 11) is 3.44. The fourth-order valence-electron chi connectivity index (χ4n) is 19.6. The molecule has 10 aliphatic rings. The number of benzene rings is 4. The van der Waals surface area contributed by atoms with Gasteiger partial charge in [-0.25, -0.2) is 19.9 Å². The first kappa shape index (κ1) is 89.7. The minimum Gasteiger partial charge on any atom is -0.491 e. The number of nitrogen functional groups attached to an aromatic ring is 4. The lowest BCUT2D eigenvalue weighted by Crippen LogP contribution is -2.54. The molecule has 8 aromatic heterocycles. The first-order chi connectivity index (χ1) is 63.7. The van der Waals surface area contributed by atoms with Crippen LogP contribution < -0.4 is 106 Å². The van der Waals surface area contributed by atoms with Crippen LogP contribution in [-0.2, 0) is 44.6 Å². The lowest BCUT2D eigenvalue weighted by molar-refractivity contribution is -0.106. The summed E-state index contributed by atoms with van der Waals surface area (Å²) in [6.45, 7) is 18.7. The van der Waals surface area contributed by atoms with Gasteiger partial charge in [-0.15, -0.1) is 45.3 Å². The normalized spacial score (nSPS) is 22.8. The van der Waals surface area contributed by atoms with E-state index in [1.165, 1.54) is 45.3 Å². The van der Waals surface area contributed by atoms with E-state index in [2.05, 4.69) is 134 Å². The highest BCUT2D eigenvalue weighted by atomic mass is 32.1. The molecule has 0 aliphatic carbocycles. The number of amides is 4. The smallest absolute Gasteiger partial charge is 0.263 e. The number of nitrogens with zero attached hydrogens (tertiary/aromatic N) is 8. The second-order valence-electron chi connectivity index (χ2n) is 36.7. The van der Waals surface area contributed by atoms with E-state index in [0.717, 1.165) is 210 Å². The Balaban J connectivity index is 0.000000114. The van der Waals surface area contributed by atoms with Crippen molar-refractivity contribution in [2.75, 3.05) is 162 Å². The first-order valence-electron chi connectivity index (χ1n) is 44.8. The highest BCUT2D eigenvalue weighted by molar-refractivity contribution is 7.22. The van der Waals surface area contributed by atoms with Crippen LogP contribution in [0.1, 0.15) is 96.6 Å². The number of anilines is 8. The number of methoxy groups -OCH3 is 2. The monoisotopic (exact) mass is 1860 g/mol. The second-order valence-corrected chi connectivity index (χ2v) is 40.7. The zero-order valence-electron chi connectivity index (χ0n) is 74.6. The highest BCUT2D eigenvalue weighted by Crippen LogP contribution is 2.46. The number of thiophene rings is 4. The third-order valence-corrected chi connectivity index (χ3v) is 31.4. The molecule has 20 N–H and O–H groups in total. The van der Waals surface area contributed by atoms with Crippen LogP contribution in [0.15, 0.2) is 121 Å². The molecule has 4 aromatic carbocycles. The molecule has 22 rings (SSSR count). The molecule has 0 radical (unpaired) electrons. The van der Waals surface area contributed by atoms with E-state index in [0.29, 0.717) is 108 Å². The molecule has 12 aromatic rings. The van der Waals surface area contributed by atoms with Gasteiger partial charge in [-0.2, -0.15) is 0 Å². The number of aryl methyl sites for hydroxylation is 4. The maximum Gasteiger partial charge on any atom is 0.263 e. The Labute approximate surface area is 780 Å². The number of nitrogens with two attached hydrogens (primary N) is 8. The third-order valence-electron chi connectivity index (χ3n) is 26.9. The molecule has 10 aliphatic heterocycles. The molecule has 6 fully saturated rings. The molecule has 18 heterocycles. The third kappa shape index (κ3) is 18.1. The molecule has 32 nitrogen and oxygen atoms in total. The van der Waals surface area contributed by atoms with Gasteiger partial charge in [-0.05, 0) is 161 Å². The van der Waals surface area contributed by atoms with Crippen molar-refractivity contribution in [1.82, 2.24) is 41.2 Å². The summed E-state index contributed by atoms with van der Waals surface area (Å²) in [4.78, 5) is 84.2. The summed E-state index contributed by atoms with van der Waals surface area (Å²) in [6, 6.07) is 41.0. The lowest BCUT2D eigenvalue weighted by atomic mass is 9.82. The Bertz CT molecular complexity index is 6040. The fraction of sp³-hybridized carbons (Fsp3) is 0.417. The van der Waals surface area contributed by atoms with E-state index in [1.807, 2.05) is 76.2 Å². The summed E-state index contributed by atoms with van der Waals surface area (Å²) < 4.78 is 45.9. The first-order valence-corrected chi connectivity index (χ1v) is 48.0. The molecule has 0 unspecified atom stereocenters. The molecular formula is C96H112N20O12S4. The van der Waals surface area contributed by atoms with Crippen LogP contribution in [0.2, 0.25) is 0 Å². The largest absolute Gasteiger partial charge is 0.491 e. The summed E-state index contributed by atoms with van der Waals surface area (Å²) >= 11 is 5.31. The number of pyridine rings is 4. The fourth-order valence-corrected chi connectivity index (χ4v) is 23.7. The average Bonchev–Trinajstić information content (AvgIpc) is 1.61. The molecule has 36 heteroatoms. The van der Waals surface area contributed by atoms with Crippen LogP contribution >= 0.6 is 45.3 Å². The van der Waals surface area contributed by atoms with Crippen molar-refractivity contribution in [1.29, 1.82) is 0 Å². The average molecular weight is 1870 g/mol. The molecule has 0 bridgehead atoms. The molecule has 2 spiro atoms. The van der Waals surface area contributed by atoms with Crippen LogP contribution in [-0.4, -0.2) is 224 Å². The summed E-state index contributed by atoms with van der Waals surface area (Å²) in [6.07, 6.45) is 4.64. The van der Waals surface area contributed by atoms with Gasteiger partial charge in [0.25, 0.3) is 23.6 Å². The van der Waals surface area contributed by atoms with Gasteiger partial charge in [-0.3, -0.25) is 19.2 Å². The van der Waals surface area contributed by atoms with Crippen molar-refractivity contribution in [2.24, 2.45) is 33.8 Å². The molecular weight excluding hydrogens is 1750 g/mol. The van der Waals surface area contributed by atoms with Crippen LogP contribution in [0, 0.1) is 38.5 Å². The Morgan fingerprint density at radius 2 is 0.667 bits per heavy atom. The number of ether oxygens (including phenoxy) is 8. The van der Waals surface area contributed by atoms with Crippen molar-refractivity contribution in [3.8, 4) is 23.0 Å². The van der Waals surface area contributed by atoms with Gasteiger partial charge >= 0.3 is 0 Å². The maximum atomic E-state index is 13.0. The molecule has 6 saturated heterocycles. The second kappa shape index (κ2) is 37.1. The van der Waals surface area contributed by atoms with E-state index >= 15 is 0 Å². The SMILES string of the molecule is COC[C@@H]1C[C@@H](N)CN1c1ccc2c(c1)OC[C@H](NC(=O)c1sc3nc(C)ccc3c1N)C2.COC[C@H]1C[C@H](N)CN1c1ccc2c(c1)OC[C@H](NC(=O)c1sc3nc(C)ccc3c1N)C2.Cc1ccc2c(N)c(C(=O)N[C@H]3COc4cc(N5C[C@@H](N)C6(COC6)C5)ccc4C3)sc2n1.Cc1ccc2c(N)c(C(=O)N[C@H]3COc4cc(N5C[C@H](N)C6(COC6)C5)ccc4C3)sc2n1. The van der Waals surface area contributed by atoms with Crippen LogP contribution in [0.5, 0.6) is 23.0 Å². The van der Waals surface area contributed by atoms with Gasteiger partial charge in [0.2, 0.25) is 0 Å². The van der Waals surface area contributed by atoms with E-state index in [-0.39, 0.29) is 94.9 Å². The zero-order chi connectivity index (χ0) is 91.7. The van der Waals surface area contributed by atoms with Gasteiger partial charge in [0, 0.05) is 169 Å². The minimum absolute atomic E-state index is 0.0921. The van der Waals surface area contributed by atoms with Crippen molar-refractivity contribution in [3.63, 3.8) is 0 Å². The van der Waals surface area contributed by atoms with Gasteiger partial charge in [0.15, 0.2) is 0 Å². The van der Waals surface area contributed by atoms with E-state index < -0.39 is 0 Å². The van der Waals surface area contributed by atoms with Crippen molar-refractivity contribution in [2.45, 2.75) is 127 Å². The van der Waals surface area contributed by atoms with E-state index in [9.17, 15) is 19.2 Å². The van der Waals surface area contributed by atoms with E-state index in [4.69, 9.17) is 83.8 Å². The van der Waals surface area contributed by atoms with Crippen molar-refractivity contribution < 1.29 is 57.1 Å². The summed E-state index contributed by atoms with van der Waals surface area (Å²) in [5.41, 5.74) is 64.6. The number of fused-ring (bicyclic) bond motifs is 8. The number of hydrogen-bond acceptors (Lipinski definition) is 32. The lowest BCUT2D eigenvalue weighted by Gasteiger charge is -2.40. The highest BCUT2D eigenvalue weighted by Gasteiger charge is 2.52. The predicted molar refractivity (Wildman–Crippen MR) is 521 cm³/mol. The van der Waals surface area contributed by atoms with Crippen LogP contribution in [0.4, 0.5) is 45.5 Å². The number of rotatable bonds is 16. The van der Waals surface area contributed by atoms with Gasteiger partial charge in [-0.1, -0.05) is 24.3 Å². The zero-order valence-corrected chi connectivity index (χ0v) is 77.9. The molecule has 132 heavy (non-hydrogen) atoms. The number of carbonyl (C=O) groups excluding carboxylic acids is 4. The quantitative estimate of drug-likeness (QED) is 0.0429. The van der Waals surface area contributed by atoms with Crippen LogP contribution in [0.25, 0.3) is 40.9 Å². The summed E-state index contributed by atoms with van der Waals surface area (Å²) in [5.74, 6) is 2.73. The Kier molecular flexibility index (Phi) is 25.2. The topological polar surface area (TPSA) is 463 Å². The van der Waals surface area contributed by atoms with Gasteiger partial charge < -0.3 is 125 Å².